The zero-order valence-electron chi connectivity index (χ0n) is 7.66. The summed E-state index contributed by atoms with van der Waals surface area (Å²) >= 11 is 4.77. The first-order valence-electron chi connectivity index (χ1n) is 3.99. The molecule has 2 nitrogen and oxygen atoms in total. The second-order valence-electron chi connectivity index (χ2n) is 3.57. The van der Waals surface area contributed by atoms with Crippen molar-refractivity contribution in [1.82, 2.24) is 0 Å². The van der Waals surface area contributed by atoms with Gasteiger partial charge >= 0.3 is 18.3 Å². The van der Waals surface area contributed by atoms with Gasteiger partial charge in [-0.1, -0.05) is 31.9 Å². The van der Waals surface area contributed by atoms with Crippen LogP contribution in [0.5, 0.6) is 0 Å². The lowest BCUT2D eigenvalue weighted by molar-refractivity contribution is -0.307. The number of halogens is 8. The minimum Gasteiger partial charge on any atom is -0.481 e. The molecule has 1 fully saturated rings. The van der Waals surface area contributed by atoms with E-state index in [2.05, 4.69) is 31.9 Å². The van der Waals surface area contributed by atoms with E-state index in [0.29, 0.717) is 0 Å². The second-order valence-corrected chi connectivity index (χ2v) is 5.55. The van der Waals surface area contributed by atoms with Crippen LogP contribution >= 0.6 is 31.9 Å². The van der Waals surface area contributed by atoms with Crippen molar-refractivity contribution in [2.24, 2.45) is 11.3 Å². The molecule has 0 aromatic heterocycles. The first-order valence-corrected chi connectivity index (χ1v) is 5.90. The summed E-state index contributed by atoms with van der Waals surface area (Å²) in [5, 5.41) is 7.75. The number of alkyl halides is 8. The molecule has 0 aromatic rings. The van der Waals surface area contributed by atoms with Gasteiger partial charge in [0.25, 0.3) is 0 Å². The average Bonchev–Trinajstić information content (AvgIpc) is 2.67. The van der Waals surface area contributed by atoms with Crippen molar-refractivity contribution in [3.63, 3.8) is 0 Å². The normalized spacial score (nSPS) is 32.4. The first kappa shape index (κ1) is 15.1. The fourth-order valence-corrected chi connectivity index (χ4v) is 3.89. The van der Waals surface area contributed by atoms with E-state index in [0.717, 1.165) is 0 Å². The van der Waals surface area contributed by atoms with Crippen molar-refractivity contribution in [2.75, 3.05) is 5.33 Å². The molecule has 0 aromatic carbocycles. The lowest BCUT2D eigenvalue weighted by Gasteiger charge is -2.25. The Morgan fingerprint density at radius 2 is 1.53 bits per heavy atom. The first-order chi connectivity index (χ1) is 7.38. The van der Waals surface area contributed by atoms with Crippen LogP contribution in [-0.2, 0) is 4.79 Å². The molecule has 1 N–H and O–H groups in total. The Kier molecular flexibility index (Phi) is 3.32. The van der Waals surface area contributed by atoms with Crippen molar-refractivity contribution in [2.45, 2.75) is 16.7 Å². The molecule has 0 bridgehead atoms. The Labute approximate surface area is 108 Å². The number of carboxylic acid groups (broad SMARTS) is 1. The molecule has 0 amide bonds. The molecule has 0 aliphatic heterocycles. The zero-order chi connectivity index (χ0) is 13.9. The standard InChI is InChI=1S/C7H4Br2F6O2/c8-1-4(9)2(3(16)17)5(4,6(10,11)12)7(13,14)15/h2H,1H2,(H,16,17). The van der Waals surface area contributed by atoms with Crippen LogP contribution in [0.25, 0.3) is 0 Å². The van der Waals surface area contributed by atoms with Crippen LogP contribution in [0.15, 0.2) is 0 Å². The molecule has 1 saturated carbocycles. The minimum absolute atomic E-state index is 0.782. The van der Waals surface area contributed by atoms with Gasteiger partial charge in [0.2, 0.25) is 0 Å². The van der Waals surface area contributed by atoms with Gasteiger partial charge < -0.3 is 5.11 Å². The quantitative estimate of drug-likeness (QED) is 0.577. The summed E-state index contributed by atoms with van der Waals surface area (Å²) in [4.78, 5) is 10.6. The van der Waals surface area contributed by atoms with Crippen molar-refractivity contribution in [1.29, 1.82) is 0 Å². The Hall–Kier alpha value is 0.01000. The number of carbonyl (C=O) groups is 1. The van der Waals surface area contributed by atoms with Crippen molar-refractivity contribution >= 4 is 37.8 Å². The van der Waals surface area contributed by atoms with Crippen LogP contribution in [0, 0.1) is 11.3 Å². The fourth-order valence-electron chi connectivity index (χ4n) is 2.02. The number of hydrogen-bond acceptors (Lipinski definition) is 1. The van der Waals surface area contributed by atoms with Crippen molar-refractivity contribution in [3.8, 4) is 0 Å². The van der Waals surface area contributed by atoms with E-state index < -0.39 is 39.3 Å². The summed E-state index contributed by atoms with van der Waals surface area (Å²) in [5.41, 5.74) is -4.26. The van der Waals surface area contributed by atoms with Gasteiger partial charge in [0.05, 0.1) is 10.2 Å². The fraction of sp³-hybridized carbons (Fsp3) is 0.857. The van der Waals surface area contributed by atoms with Crippen LogP contribution in [0.4, 0.5) is 26.3 Å². The van der Waals surface area contributed by atoms with Crippen LogP contribution in [0.3, 0.4) is 0 Å². The van der Waals surface area contributed by atoms with Gasteiger partial charge in [0, 0.05) is 5.33 Å². The highest BCUT2D eigenvalue weighted by molar-refractivity contribution is 9.12. The number of hydrogen-bond donors (Lipinski definition) is 1. The molecule has 2 atom stereocenters. The molecule has 10 heteroatoms. The number of carboxylic acids is 1. The summed E-state index contributed by atoms with van der Waals surface area (Å²) in [6.45, 7) is 0. The third-order valence-electron chi connectivity index (χ3n) is 2.80. The van der Waals surface area contributed by atoms with Crippen molar-refractivity contribution in [3.05, 3.63) is 0 Å². The van der Waals surface area contributed by atoms with Crippen LogP contribution in [0.2, 0.25) is 0 Å². The minimum atomic E-state index is -5.70. The third kappa shape index (κ3) is 1.62. The Bertz CT molecular complexity index is 337. The van der Waals surface area contributed by atoms with Gasteiger partial charge in [-0.15, -0.1) is 0 Å². The lowest BCUT2D eigenvalue weighted by Crippen LogP contribution is -2.45. The Morgan fingerprint density at radius 1 is 1.18 bits per heavy atom. The number of aliphatic carboxylic acids is 1. The third-order valence-corrected chi connectivity index (χ3v) is 5.80. The molecule has 0 spiro atoms. The van der Waals surface area contributed by atoms with E-state index in [1.165, 1.54) is 0 Å². The maximum atomic E-state index is 12.7. The van der Waals surface area contributed by atoms with E-state index in [1.54, 1.807) is 0 Å². The summed E-state index contributed by atoms with van der Waals surface area (Å²) in [6.07, 6.45) is -11.4. The largest absolute Gasteiger partial charge is 0.481 e. The smallest absolute Gasteiger partial charge is 0.405 e. The van der Waals surface area contributed by atoms with Gasteiger partial charge in [0.1, 0.15) is 0 Å². The summed E-state index contributed by atoms with van der Waals surface area (Å²) in [6, 6.07) is 0. The van der Waals surface area contributed by atoms with Crippen LogP contribution in [0.1, 0.15) is 0 Å². The molecule has 2 unspecified atom stereocenters. The maximum Gasteiger partial charge on any atom is 0.405 e. The monoisotopic (exact) mass is 392 g/mol. The molecule has 17 heavy (non-hydrogen) atoms. The topological polar surface area (TPSA) is 37.3 Å². The van der Waals surface area contributed by atoms with Gasteiger partial charge in [-0.3, -0.25) is 4.79 Å². The summed E-state index contributed by atoms with van der Waals surface area (Å²) in [5.74, 6) is -4.75. The second kappa shape index (κ2) is 3.75. The van der Waals surface area contributed by atoms with E-state index in [4.69, 9.17) is 5.11 Å². The van der Waals surface area contributed by atoms with Crippen molar-refractivity contribution < 1.29 is 36.2 Å². The summed E-state index contributed by atoms with van der Waals surface area (Å²) < 4.78 is 73.3. The highest BCUT2D eigenvalue weighted by Gasteiger charge is 2.98. The maximum absolute atomic E-state index is 12.7. The average molecular weight is 394 g/mol. The van der Waals surface area contributed by atoms with Gasteiger partial charge in [0.15, 0.2) is 5.41 Å². The molecule has 1 aliphatic rings. The van der Waals surface area contributed by atoms with Crippen LogP contribution in [-0.4, -0.2) is 33.1 Å². The van der Waals surface area contributed by atoms with Gasteiger partial charge in [-0.05, 0) is 0 Å². The predicted octanol–water partition coefficient (Wildman–Crippen LogP) is 3.34. The molecule has 100 valence electrons. The Morgan fingerprint density at radius 3 is 1.59 bits per heavy atom. The summed E-state index contributed by atoms with van der Waals surface area (Å²) in [7, 11) is 0. The van der Waals surface area contributed by atoms with E-state index >= 15 is 0 Å². The number of rotatable bonds is 2. The van der Waals surface area contributed by atoms with E-state index in [1.807, 2.05) is 0 Å². The van der Waals surface area contributed by atoms with Crippen LogP contribution < -0.4 is 0 Å². The highest BCUT2D eigenvalue weighted by Crippen LogP contribution is 2.80. The zero-order valence-corrected chi connectivity index (χ0v) is 10.8. The molecular weight excluding hydrogens is 390 g/mol. The predicted molar refractivity (Wildman–Crippen MR) is 51.1 cm³/mol. The highest BCUT2D eigenvalue weighted by atomic mass is 79.9. The van der Waals surface area contributed by atoms with Gasteiger partial charge in [-0.25, -0.2) is 0 Å². The molecule has 0 heterocycles. The van der Waals surface area contributed by atoms with E-state index in [9.17, 15) is 31.1 Å². The SMILES string of the molecule is O=C(O)C1C(Br)(CBr)C1(C(F)(F)F)C(F)(F)F. The lowest BCUT2D eigenvalue weighted by atomic mass is 10.0. The van der Waals surface area contributed by atoms with Gasteiger partial charge in [-0.2, -0.15) is 26.3 Å². The molecule has 1 rings (SSSR count). The molecule has 1 aliphatic carbocycles. The molecule has 0 radical (unpaired) electrons. The van der Waals surface area contributed by atoms with E-state index in [-0.39, 0.29) is 0 Å². The Balaban J connectivity index is 3.44. The molecule has 0 saturated heterocycles. The molecular formula is C7H4Br2F6O2.